The molecular formula is C18H26N4O4S. The number of rotatable bonds is 2. The Morgan fingerprint density at radius 3 is 2.30 bits per heavy atom. The van der Waals surface area contributed by atoms with Crippen molar-refractivity contribution in [3.05, 3.63) is 30.3 Å². The second-order valence-corrected chi connectivity index (χ2v) is 9.61. The minimum absolute atomic E-state index is 0.0220. The van der Waals surface area contributed by atoms with Gasteiger partial charge < -0.3 is 14.7 Å². The van der Waals surface area contributed by atoms with E-state index in [9.17, 15) is 18.0 Å². The maximum absolute atomic E-state index is 13.2. The minimum Gasteiger partial charge on any atom is -0.345 e. The van der Waals surface area contributed by atoms with E-state index >= 15 is 0 Å². The molecule has 1 unspecified atom stereocenters. The van der Waals surface area contributed by atoms with Crippen LogP contribution in [0.2, 0.25) is 0 Å². The second-order valence-electron chi connectivity index (χ2n) is 7.68. The molecule has 148 valence electrons. The number of benzene rings is 1. The zero-order chi connectivity index (χ0) is 19.8. The Bertz CT molecular complexity index is 827. The van der Waals surface area contributed by atoms with Gasteiger partial charge in [-0.1, -0.05) is 18.2 Å². The average Bonchev–Trinajstić information content (AvgIpc) is 2.79. The lowest BCUT2D eigenvalue weighted by Gasteiger charge is -2.33. The van der Waals surface area contributed by atoms with Gasteiger partial charge in [0.15, 0.2) is 0 Å². The standard InChI is InChI=1S/C18H26N4O4S/c1-19(2)17(24)21-9-10-22(27(25,26)15-7-5-4-6-8-15)14-18(13-21)11-16(23)20(3)12-18/h4-8H,9-14H2,1-3H3. The molecule has 2 saturated heterocycles. The predicted octanol–water partition coefficient (Wildman–Crippen LogP) is 0.523. The van der Waals surface area contributed by atoms with E-state index in [1.54, 1.807) is 61.3 Å². The highest BCUT2D eigenvalue weighted by Gasteiger charge is 2.48. The first-order valence-electron chi connectivity index (χ1n) is 8.90. The van der Waals surface area contributed by atoms with Gasteiger partial charge >= 0.3 is 6.03 Å². The molecule has 0 aliphatic carbocycles. The number of sulfonamides is 1. The summed E-state index contributed by atoms with van der Waals surface area (Å²) in [5.74, 6) is -0.0220. The first-order chi connectivity index (χ1) is 12.6. The molecule has 3 amide bonds. The quantitative estimate of drug-likeness (QED) is 0.733. The van der Waals surface area contributed by atoms with Crippen molar-refractivity contribution >= 4 is 22.0 Å². The summed E-state index contributed by atoms with van der Waals surface area (Å²) in [5.41, 5.74) is -0.601. The Balaban J connectivity index is 1.96. The summed E-state index contributed by atoms with van der Waals surface area (Å²) in [5, 5.41) is 0. The molecule has 1 aromatic carbocycles. The highest BCUT2D eigenvalue weighted by atomic mass is 32.2. The Hall–Kier alpha value is -2.13. The van der Waals surface area contributed by atoms with Gasteiger partial charge in [0.05, 0.1) is 4.90 Å². The molecule has 8 nitrogen and oxygen atoms in total. The predicted molar refractivity (Wildman–Crippen MR) is 101 cm³/mol. The summed E-state index contributed by atoms with van der Waals surface area (Å²) >= 11 is 0. The summed E-state index contributed by atoms with van der Waals surface area (Å²) in [6.45, 7) is 1.52. The Kier molecular flexibility index (Phi) is 5.18. The summed E-state index contributed by atoms with van der Waals surface area (Å²) in [4.78, 5) is 29.8. The summed E-state index contributed by atoms with van der Waals surface area (Å²) in [6, 6.07) is 8.12. The molecule has 1 atom stereocenters. The van der Waals surface area contributed by atoms with Crippen LogP contribution in [0.15, 0.2) is 35.2 Å². The number of carbonyl (C=O) groups is 2. The lowest BCUT2D eigenvalue weighted by Crippen LogP contribution is -2.47. The Morgan fingerprint density at radius 1 is 1.07 bits per heavy atom. The van der Waals surface area contributed by atoms with Gasteiger partial charge in [-0.3, -0.25) is 4.79 Å². The van der Waals surface area contributed by atoms with Crippen LogP contribution in [-0.2, 0) is 14.8 Å². The molecule has 3 rings (SSSR count). The molecule has 0 bridgehead atoms. The van der Waals surface area contributed by atoms with Crippen molar-refractivity contribution in [1.82, 2.24) is 19.0 Å². The third-order valence-electron chi connectivity index (χ3n) is 5.22. The maximum Gasteiger partial charge on any atom is 0.319 e. The zero-order valence-electron chi connectivity index (χ0n) is 16.0. The molecular weight excluding hydrogens is 368 g/mol. The number of nitrogens with zero attached hydrogens (tertiary/aromatic N) is 4. The van der Waals surface area contributed by atoms with Crippen LogP contribution in [0.4, 0.5) is 4.79 Å². The van der Waals surface area contributed by atoms with Gasteiger partial charge in [-0.15, -0.1) is 0 Å². The first-order valence-corrected chi connectivity index (χ1v) is 10.3. The number of likely N-dealkylation sites (tertiary alicyclic amines) is 1. The van der Waals surface area contributed by atoms with E-state index in [4.69, 9.17) is 0 Å². The first kappa shape index (κ1) is 19.6. The van der Waals surface area contributed by atoms with Crippen molar-refractivity contribution in [2.45, 2.75) is 11.3 Å². The monoisotopic (exact) mass is 394 g/mol. The maximum atomic E-state index is 13.2. The molecule has 27 heavy (non-hydrogen) atoms. The summed E-state index contributed by atoms with van der Waals surface area (Å²) < 4.78 is 27.8. The van der Waals surface area contributed by atoms with Gasteiger partial charge in [0, 0.05) is 65.7 Å². The molecule has 0 radical (unpaired) electrons. The number of urea groups is 1. The summed E-state index contributed by atoms with van der Waals surface area (Å²) in [7, 11) is 1.36. The Labute approximate surface area is 160 Å². The highest BCUT2D eigenvalue weighted by molar-refractivity contribution is 7.89. The fourth-order valence-electron chi connectivity index (χ4n) is 3.93. The number of hydrogen-bond donors (Lipinski definition) is 0. The molecule has 9 heteroatoms. The van der Waals surface area contributed by atoms with Crippen LogP contribution in [0.25, 0.3) is 0 Å². The van der Waals surface area contributed by atoms with Gasteiger partial charge in [-0.2, -0.15) is 4.31 Å². The van der Waals surface area contributed by atoms with Gasteiger partial charge in [0.2, 0.25) is 15.9 Å². The van der Waals surface area contributed by atoms with Crippen LogP contribution in [0, 0.1) is 5.41 Å². The van der Waals surface area contributed by atoms with Crippen LogP contribution in [0.1, 0.15) is 6.42 Å². The SMILES string of the molecule is CN(C)C(=O)N1CCN(S(=O)(=O)c2ccccc2)CC2(CC(=O)N(C)C2)C1. The average molecular weight is 394 g/mol. The van der Waals surface area contributed by atoms with Crippen molar-refractivity contribution < 1.29 is 18.0 Å². The number of amides is 3. The van der Waals surface area contributed by atoms with Crippen molar-refractivity contribution in [2.24, 2.45) is 5.41 Å². The van der Waals surface area contributed by atoms with Gasteiger partial charge in [0.1, 0.15) is 0 Å². The van der Waals surface area contributed by atoms with Gasteiger partial charge in [-0.25, -0.2) is 13.2 Å². The Morgan fingerprint density at radius 2 is 1.74 bits per heavy atom. The lowest BCUT2D eigenvalue weighted by atomic mass is 9.86. The molecule has 1 aromatic rings. The largest absolute Gasteiger partial charge is 0.345 e. The smallest absolute Gasteiger partial charge is 0.319 e. The van der Waals surface area contributed by atoms with Crippen LogP contribution < -0.4 is 0 Å². The van der Waals surface area contributed by atoms with E-state index < -0.39 is 15.4 Å². The van der Waals surface area contributed by atoms with E-state index in [1.807, 2.05) is 0 Å². The van der Waals surface area contributed by atoms with E-state index in [2.05, 4.69) is 0 Å². The van der Waals surface area contributed by atoms with E-state index in [0.29, 0.717) is 19.6 Å². The van der Waals surface area contributed by atoms with Crippen molar-refractivity contribution in [1.29, 1.82) is 0 Å². The fourth-order valence-corrected chi connectivity index (χ4v) is 5.49. The third kappa shape index (κ3) is 3.79. The van der Waals surface area contributed by atoms with Gasteiger partial charge in [-0.05, 0) is 12.1 Å². The molecule has 0 saturated carbocycles. The second kappa shape index (κ2) is 7.12. The third-order valence-corrected chi connectivity index (χ3v) is 7.08. The fraction of sp³-hybridized carbons (Fsp3) is 0.556. The van der Waals surface area contributed by atoms with Crippen LogP contribution in [0.5, 0.6) is 0 Å². The van der Waals surface area contributed by atoms with Crippen molar-refractivity contribution in [3.8, 4) is 0 Å². The molecule has 0 aromatic heterocycles. The zero-order valence-corrected chi connectivity index (χ0v) is 16.8. The van der Waals surface area contributed by atoms with Gasteiger partial charge in [0.25, 0.3) is 0 Å². The molecule has 2 fully saturated rings. The van der Waals surface area contributed by atoms with Crippen LogP contribution >= 0.6 is 0 Å². The highest BCUT2D eigenvalue weighted by Crippen LogP contribution is 2.36. The van der Waals surface area contributed by atoms with Crippen molar-refractivity contribution in [2.75, 3.05) is 53.9 Å². The summed E-state index contributed by atoms with van der Waals surface area (Å²) in [6.07, 6.45) is 0.238. The minimum atomic E-state index is -3.70. The van der Waals surface area contributed by atoms with E-state index in [0.717, 1.165) is 0 Å². The number of carbonyl (C=O) groups excluding carboxylic acids is 2. The normalized spacial score (nSPS) is 24.3. The number of hydrogen-bond acceptors (Lipinski definition) is 4. The van der Waals surface area contributed by atoms with E-state index in [1.165, 1.54) is 9.21 Å². The van der Waals surface area contributed by atoms with E-state index in [-0.39, 0.29) is 36.3 Å². The molecule has 2 aliphatic heterocycles. The molecule has 0 N–H and O–H groups in total. The lowest BCUT2D eigenvalue weighted by molar-refractivity contribution is -0.126. The molecule has 2 heterocycles. The topological polar surface area (TPSA) is 81.2 Å². The van der Waals surface area contributed by atoms with Crippen LogP contribution in [-0.4, -0.2) is 93.2 Å². The van der Waals surface area contributed by atoms with Crippen LogP contribution in [0.3, 0.4) is 0 Å². The molecule has 1 spiro atoms. The van der Waals surface area contributed by atoms with Crippen molar-refractivity contribution in [3.63, 3.8) is 0 Å². The molecule has 2 aliphatic rings.